The van der Waals surface area contributed by atoms with Gasteiger partial charge in [0.1, 0.15) is 5.75 Å². The van der Waals surface area contributed by atoms with Crippen LogP contribution in [0.15, 0.2) is 18.2 Å². The number of benzene rings is 1. The summed E-state index contributed by atoms with van der Waals surface area (Å²) in [5.74, 6) is 0.955. The fraction of sp³-hybridized carbons (Fsp3) is 0.385. The molecule has 0 aromatic heterocycles. The van der Waals surface area contributed by atoms with Gasteiger partial charge in [-0.15, -0.1) is 0 Å². The van der Waals surface area contributed by atoms with Gasteiger partial charge in [-0.25, -0.2) is 0 Å². The Kier molecular flexibility index (Phi) is 3.40. The molecule has 0 saturated heterocycles. The minimum absolute atomic E-state index is 0.854. The maximum atomic E-state index is 5.91. The van der Waals surface area contributed by atoms with E-state index in [1.807, 2.05) is 19.1 Å². The lowest BCUT2D eigenvalue weighted by atomic mass is 10.0. The van der Waals surface area contributed by atoms with Crippen LogP contribution in [0.5, 0.6) is 5.75 Å². The monoisotopic (exact) mass is 219 g/mol. The lowest BCUT2D eigenvalue weighted by Crippen LogP contribution is -2.29. The highest BCUT2D eigenvalue weighted by Gasteiger charge is 2.16. The van der Waals surface area contributed by atoms with Crippen LogP contribution in [0.25, 0.3) is 5.57 Å². The molecule has 0 aliphatic heterocycles. The molecule has 0 amide bonds. The Hall–Kier alpha value is -1.02. The van der Waals surface area contributed by atoms with Gasteiger partial charge in [0, 0.05) is 0 Å². The predicted octanol–water partition coefficient (Wildman–Crippen LogP) is 4.05. The lowest BCUT2D eigenvalue weighted by molar-refractivity contribution is 0.557. The highest BCUT2D eigenvalue weighted by molar-refractivity contribution is 6.70. The van der Waals surface area contributed by atoms with E-state index in [0.717, 1.165) is 16.9 Å². The molecule has 1 rings (SSSR count). The van der Waals surface area contributed by atoms with E-state index in [0.29, 0.717) is 0 Å². The average Bonchev–Trinajstić information content (AvgIpc) is 1.99. The van der Waals surface area contributed by atoms with Crippen LogP contribution in [0.4, 0.5) is 0 Å². The minimum Gasteiger partial charge on any atom is -0.544 e. The Morgan fingerprint density at radius 3 is 2.27 bits per heavy atom. The molecule has 0 bridgehead atoms. The third kappa shape index (κ3) is 3.55. The largest absolute Gasteiger partial charge is 0.544 e. The van der Waals surface area contributed by atoms with Gasteiger partial charge in [-0.2, -0.15) is 0 Å². The van der Waals surface area contributed by atoms with Crippen LogP contribution in [0.3, 0.4) is 0 Å². The molecule has 0 N–H and O–H groups in total. The Bertz CT molecular complexity index is 375. The van der Waals surface area contributed by atoms with Crippen molar-refractivity contribution in [2.24, 2.45) is 0 Å². The van der Waals surface area contributed by atoms with Gasteiger partial charge in [-0.3, -0.25) is 0 Å². The van der Waals surface area contributed by atoms with Crippen LogP contribution in [-0.4, -0.2) is 8.32 Å². The number of allylic oxidation sites excluding steroid dienone is 1. The summed E-state index contributed by atoms with van der Waals surface area (Å²) in [7, 11) is -1.50. The van der Waals surface area contributed by atoms with Crippen molar-refractivity contribution in [3.05, 3.63) is 35.9 Å². The minimum atomic E-state index is -1.50. The maximum absolute atomic E-state index is 5.91. The van der Waals surface area contributed by atoms with E-state index < -0.39 is 8.32 Å². The molecule has 0 spiro atoms. The number of hydrogen-bond donors (Lipinski definition) is 0. The molecular weight excluding hydrogens is 200 g/mol. The molecule has 1 radical (unpaired) electrons. The first-order valence-corrected chi connectivity index (χ1v) is 8.59. The lowest BCUT2D eigenvalue weighted by Gasteiger charge is -2.20. The molecule has 0 aliphatic rings. The molecule has 81 valence electrons. The second kappa shape index (κ2) is 4.23. The third-order valence-electron chi connectivity index (χ3n) is 2.05. The van der Waals surface area contributed by atoms with E-state index >= 15 is 0 Å². The first-order valence-electron chi connectivity index (χ1n) is 5.18. The van der Waals surface area contributed by atoms with Crippen molar-refractivity contribution >= 4 is 13.9 Å². The molecule has 0 fully saturated rings. The van der Waals surface area contributed by atoms with Crippen molar-refractivity contribution in [2.75, 3.05) is 0 Å². The highest BCUT2D eigenvalue weighted by Crippen LogP contribution is 2.23. The van der Waals surface area contributed by atoms with Crippen molar-refractivity contribution in [1.29, 1.82) is 0 Å². The quantitative estimate of drug-likeness (QED) is 0.697. The summed E-state index contributed by atoms with van der Waals surface area (Å²) in [6.45, 7) is 16.3. The Balaban J connectivity index is 2.97. The van der Waals surface area contributed by atoms with Gasteiger partial charge in [-0.05, 0) is 62.3 Å². The summed E-state index contributed by atoms with van der Waals surface area (Å²) in [6, 6.07) is 6.08. The van der Waals surface area contributed by atoms with Crippen molar-refractivity contribution in [1.82, 2.24) is 0 Å². The van der Waals surface area contributed by atoms with Crippen LogP contribution < -0.4 is 4.43 Å². The standard InChI is InChI=1S/C13H19OSi/c1-10(2)13-8-7-12(9-11(13)3)14-15(4,5)6/h1,7-9H,2-6H3. The van der Waals surface area contributed by atoms with Crippen LogP contribution in [0, 0.1) is 13.5 Å². The zero-order valence-electron chi connectivity index (χ0n) is 10.2. The molecule has 15 heavy (non-hydrogen) atoms. The summed E-state index contributed by atoms with van der Waals surface area (Å²) < 4.78 is 5.91. The summed E-state index contributed by atoms with van der Waals surface area (Å²) in [5, 5.41) is 0. The fourth-order valence-corrected chi connectivity index (χ4v) is 2.33. The Morgan fingerprint density at radius 1 is 1.27 bits per heavy atom. The van der Waals surface area contributed by atoms with Gasteiger partial charge in [0.25, 0.3) is 0 Å². The van der Waals surface area contributed by atoms with E-state index in [1.54, 1.807) is 0 Å². The normalized spacial score (nSPS) is 11.3. The van der Waals surface area contributed by atoms with E-state index in [4.69, 9.17) is 11.0 Å². The van der Waals surface area contributed by atoms with E-state index in [9.17, 15) is 0 Å². The summed E-state index contributed by atoms with van der Waals surface area (Å²) in [4.78, 5) is 0. The first kappa shape index (κ1) is 12.0. The Labute approximate surface area is 93.9 Å². The molecule has 0 saturated carbocycles. The predicted molar refractivity (Wildman–Crippen MR) is 68.5 cm³/mol. The van der Waals surface area contributed by atoms with Crippen molar-refractivity contribution < 1.29 is 4.43 Å². The summed E-state index contributed by atoms with van der Waals surface area (Å²) in [5.41, 5.74) is 3.13. The maximum Gasteiger partial charge on any atom is 0.242 e. The van der Waals surface area contributed by atoms with Crippen molar-refractivity contribution in [2.45, 2.75) is 33.5 Å². The van der Waals surface area contributed by atoms with Gasteiger partial charge >= 0.3 is 0 Å². The van der Waals surface area contributed by atoms with Crippen LogP contribution >= 0.6 is 0 Å². The second-order valence-corrected chi connectivity index (χ2v) is 9.30. The summed E-state index contributed by atoms with van der Waals surface area (Å²) in [6.07, 6.45) is 0. The van der Waals surface area contributed by atoms with Crippen LogP contribution in [0.1, 0.15) is 18.1 Å². The SMILES string of the molecule is [CH]=C(C)c1ccc(O[Si](C)(C)C)cc1C. The first-order chi connectivity index (χ1) is 6.79. The number of aryl methyl sites for hydroxylation is 1. The topological polar surface area (TPSA) is 9.23 Å². The zero-order chi connectivity index (χ0) is 11.6. The summed E-state index contributed by atoms with van der Waals surface area (Å²) >= 11 is 0. The third-order valence-corrected chi connectivity index (χ3v) is 2.89. The zero-order valence-corrected chi connectivity index (χ0v) is 11.2. The number of hydrogen-bond acceptors (Lipinski definition) is 1. The van der Waals surface area contributed by atoms with E-state index in [-0.39, 0.29) is 0 Å². The van der Waals surface area contributed by atoms with Crippen LogP contribution in [-0.2, 0) is 0 Å². The van der Waals surface area contributed by atoms with Crippen molar-refractivity contribution in [3.8, 4) is 5.75 Å². The van der Waals surface area contributed by atoms with Gasteiger partial charge < -0.3 is 4.43 Å². The smallest absolute Gasteiger partial charge is 0.242 e. The Morgan fingerprint density at radius 2 is 1.87 bits per heavy atom. The molecule has 1 aromatic carbocycles. The molecule has 1 aromatic rings. The fourth-order valence-electron chi connectivity index (χ4n) is 1.50. The van der Waals surface area contributed by atoms with E-state index in [2.05, 4.69) is 32.6 Å². The molecule has 2 heteroatoms. The number of rotatable bonds is 3. The molecule has 0 aliphatic carbocycles. The molecule has 0 atom stereocenters. The second-order valence-electron chi connectivity index (χ2n) is 4.87. The van der Waals surface area contributed by atoms with Crippen LogP contribution in [0.2, 0.25) is 19.6 Å². The highest BCUT2D eigenvalue weighted by atomic mass is 28.4. The average molecular weight is 219 g/mol. The molecular formula is C13H19OSi. The molecule has 1 nitrogen and oxygen atoms in total. The van der Waals surface area contributed by atoms with Crippen molar-refractivity contribution in [3.63, 3.8) is 0 Å². The molecule has 0 unspecified atom stereocenters. The van der Waals surface area contributed by atoms with E-state index in [1.165, 1.54) is 5.56 Å². The van der Waals surface area contributed by atoms with Gasteiger partial charge in [0.2, 0.25) is 8.32 Å². The van der Waals surface area contributed by atoms with Gasteiger partial charge in [0.05, 0.1) is 0 Å². The van der Waals surface area contributed by atoms with Gasteiger partial charge in [0.15, 0.2) is 0 Å². The van der Waals surface area contributed by atoms with Gasteiger partial charge in [-0.1, -0.05) is 12.6 Å². The molecule has 0 heterocycles.